The molecule has 0 spiro atoms. The first-order valence-electron chi connectivity index (χ1n) is 8.05. The van der Waals surface area contributed by atoms with E-state index in [1.54, 1.807) is 0 Å². The molecule has 7 nitrogen and oxygen atoms in total. The predicted molar refractivity (Wildman–Crippen MR) is 101 cm³/mol. The topological polar surface area (TPSA) is 102 Å². The van der Waals surface area contributed by atoms with Crippen molar-refractivity contribution in [1.29, 1.82) is 0 Å². The molecule has 1 aromatic carbocycles. The van der Waals surface area contributed by atoms with Crippen LogP contribution in [0.15, 0.2) is 60.0 Å². The SMILES string of the molecule is O=C(Nc1ccc(Cl)nc1)c1ccc(S(=O)(=O)CCc2cnccn2)c(F)c1. The maximum Gasteiger partial charge on any atom is 0.255 e. The van der Waals surface area contributed by atoms with Crippen LogP contribution in [-0.2, 0) is 16.3 Å². The molecule has 3 rings (SSSR count). The summed E-state index contributed by atoms with van der Waals surface area (Å²) < 4.78 is 39.2. The molecule has 10 heteroatoms. The molecule has 0 saturated carbocycles. The van der Waals surface area contributed by atoms with Crippen molar-refractivity contribution in [2.45, 2.75) is 11.3 Å². The molecule has 0 saturated heterocycles. The zero-order chi connectivity index (χ0) is 20.1. The Balaban J connectivity index is 1.73. The van der Waals surface area contributed by atoms with Gasteiger partial charge in [-0.15, -0.1) is 0 Å². The van der Waals surface area contributed by atoms with E-state index in [9.17, 15) is 17.6 Å². The van der Waals surface area contributed by atoms with Crippen LogP contribution >= 0.6 is 11.6 Å². The van der Waals surface area contributed by atoms with E-state index in [1.807, 2.05) is 0 Å². The Hall–Kier alpha value is -2.91. The summed E-state index contributed by atoms with van der Waals surface area (Å²) in [4.78, 5) is 23.4. The smallest absolute Gasteiger partial charge is 0.255 e. The van der Waals surface area contributed by atoms with Gasteiger partial charge in [-0.1, -0.05) is 11.6 Å². The van der Waals surface area contributed by atoms with Crippen LogP contribution in [0.1, 0.15) is 16.1 Å². The highest BCUT2D eigenvalue weighted by Crippen LogP contribution is 2.19. The Labute approximate surface area is 165 Å². The van der Waals surface area contributed by atoms with Crippen LogP contribution < -0.4 is 5.32 Å². The lowest BCUT2D eigenvalue weighted by Gasteiger charge is -2.08. The van der Waals surface area contributed by atoms with E-state index in [4.69, 9.17) is 11.6 Å². The number of halogens is 2. The second-order valence-corrected chi connectivity index (χ2v) is 8.20. The molecule has 2 aromatic heterocycles. The van der Waals surface area contributed by atoms with Crippen molar-refractivity contribution in [1.82, 2.24) is 15.0 Å². The molecular weight excluding hydrogens is 407 g/mol. The summed E-state index contributed by atoms with van der Waals surface area (Å²) in [6.07, 6.45) is 5.82. The van der Waals surface area contributed by atoms with Gasteiger partial charge in [0.15, 0.2) is 9.84 Å². The van der Waals surface area contributed by atoms with Crippen LogP contribution in [0, 0.1) is 5.82 Å². The number of carbonyl (C=O) groups is 1. The fourth-order valence-electron chi connectivity index (χ4n) is 2.36. The van der Waals surface area contributed by atoms with E-state index >= 15 is 0 Å². The predicted octanol–water partition coefficient (Wildman–Crippen LogP) is 2.93. The lowest BCUT2D eigenvalue weighted by Crippen LogP contribution is -2.15. The Bertz CT molecular complexity index is 1090. The van der Waals surface area contributed by atoms with Crippen molar-refractivity contribution in [3.05, 3.63) is 77.3 Å². The summed E-state index contributed by atoms with van der Waals surface area (Å²) in [7, 11) is -3.89. The highest BCUT2D eigenvalue weighted by molar-refractivity contribution is 7.91. The maximum absolute atomic E-state index is 14.4. The van der Waals surface area contributed by atoms with Crippen molar-refractivity contribution in [3.63, 3.8) is 0 Å². The Kier molecular flexibility index (Phi) is 5.96. The number of benzene rings is 1. The number of nitrogens with zero attached hydrogens (tertiary/aromatic N) is 3. The van der Waals surface area contributed by atoms with E-state index in [0.29, 0.717) is 11.4 Å². The molecule has 0 aliphatic rings. The third-order valence-electron chi connectivity index (χ3n) is 3.76. The maximum atomic E-state index is 14.4. The van der Waals surface area contributed by atoms with Gasteiger partial charge in [-0.05, 0) is 30.3 Å². The van der Waals surface area contributed by atoms with E-state index in [2.05, 4.69) is 20.3 Å². The quantitative estimate of drug-likeness (QED) is 0.615. The number of hydrogen-bond acceptors (Lipinski definition) is 6. The molecule has 28 heavy (non-hydrogen) atoms. The minimum atomic E-state index is -3.89. The number of rotatable bonds is 6. The van der Waals surface area contributed by atoms with Crippen molar-refractivity contribution < 1.29 is 17.6 Å². The largest absolute Gasteiger partial charge is 0.321 e. The van der Waals surface area contributed by atoms with E-state index in [0.717, 1.165) is 12.1 Å². The Morgan fingerprint density at radius 2 is 1.93 bits per heavy atom. The first kappa shape index (κ1) is 19.8. The van der Waals surface area contributed by atoms with E-state index in [-0.39, 0.29) is 22.9 Å². The van der Waals surface area contributed by atoms with E-state index in [1.165, 1.54) is 43.0 Å². The van der Waals surface area contributed by atoms with Crippen molar-refractivity contribution in [2.75, 3.05) is 11.1 Å². The van der Waals surface area contributed by atoms with Crippen molar-refractivity contribution >= 4 is 33.0 Å². The highest BCUT2D eigenvalue weighted by atomic mass is 35.5. The van der Waals surface area contributed by atoms with Gasteiger partial charge in [0.05, 0.1) is 23.3 Å². The van der Waals surface area contributed by atoms with Gasteiger partial charge in [-0.25, -0.2) is 17.8 Å². The number of carbonyl (C=O) groups excluding carboxylic acids is 1. The molecule has 144 valence electrons. The number of pyridine rings is 1. The molecule has 3 aromatic rings. The van der Waals surface area contributed by atoms with Gasteiger partial charge in [0.2, 0.25) is 0 Å². The van der Waals surface area contributed by atoms with Crippen LogP contribution in [0.25, 0.3) is 0 Å². The third kappa shape index (κ3) is 4.87. The van der Waals surface area contributed by atoms with Crippen LogP contribution in [0.3, 0.4) is 0 Å². The Morgan fingerprint density at radius 3 is 2.57 bits per heavy atom. The summed E-state index contributed by atoms with van der Waals surface area (Å²) >= 11 is 5.67. The molecule has 0 bridgehead atoms. The molecule has 1 amide bonds. The minimum absolute atomic E-state index is 0.0275. The summed E-state index contributed by atoms with van der Waals surface area (Å²) in [6.45, 7) is 0. The molecule has 0 aliphatic heterocycles. The first-order valence-corrected chi connectivity index (χ1v) is 10.1. The molecule has 0 radical (unpaired) electrons. The van der Waals surface area contributed by atoms with Gasteiger partial charge < -0.3 is 5.32 Å². The summed E-state index contributed by atoms with van der Waals surface area (Å²) in [5.74, 6) is -1.93. The van der Waals surface area contributed by atoms with Gasteiger partial charge in [-0.3, -0.25) is 14.8 Å². The molecular formula is C18H14ClFN4O3S. The summed E-state index contributed by atoms with van der Waals surface area (Å²) in [5, 5.41) is 2.79. The zero-order valence-electron chi connectivity index (χ0n) is 14.3. The number of aryl methyl sites for hydroxylation is 1. The average Bonchev–Trinajstić information content (AvgIpc) is 2.69. The van der Waals surface area contributed by atoms with Gasteiger partial charge in [0.25, 0.3) is 5.91 Å². The van der Waals surface area contributed by atoms with Crippen LogP contribution in [0.2, 0.25) is 5.15 Å². The van der Waals surface area contributed by atoms with Gasteiger partial charge in [0, 0.05) is 30.6 Å². The molecule has 0 unspecified atom stereocenters. The number of amides is 1. The van der Waals surface area contributed by atoms with Gasteiger partial charge in [0.1, 0.15) is 15.9 Å². The Morgan fingerprint density at radius 1 is 1.11 bits per heavy atom. The van der Waals surface area contributed by atoms with E-state index < -0.39 is 26.5 Å². The second kappa shape index (κ2) is 8.41. The number of aromatic nitrogens is 3. The van der Waals surface area contributed by atoms with Crippen LogP contribution in [0.4, 0.5) is 10.1 Å². The van der Waals surface area contributed by atoms with Crippen LogP contribution in [-0.4, -0.2) is 35.0 Å². The molecule has 1 N–H and O–H groups in total. The zero-order valence-corrected chi connectivity index (χ0v) is 15.9. The average molecular weight is 421 g/mol. The number of anilines is 1. The highest BCUT2D eigenvalue weighted by Gasteiger charge is 2.21. The number of sulfone groups is 1. The van der Waals surface area contributed by atoms with Crippen LogP contribution in [0.5, 0.6) is 0 Å². The van der Waals surface area contributed by atoms with Crippen molar-refractivity contribution in [3.8, 4) is 0 Å². The first-order chi connectivity index (χ1) is 13.3. The van der Waals surface area contributed by atoms with Gasteiger partial charge in [-0.2, -0.15) is 0 Å². The third-order valence-corrected chi connectivity index (χ3v) is 5.72. The molecule has 0 fully saturated rings. The fraction of sp³-hybridized carbons (Fsp3) is 0.111. The summed E-state index contributed by atoms with van der Waals surface area (Å²) in [6, 6.07) is 6.24. The number of hydrogen-bond donors (Lipinski definition) is 1. The summed E-state index contributed by atoms with van der Waals surface area (Å²) in [5.41, 5.74) is 0.829. The van der Waals surface area contributed by atoms with Gasteiger partial charge >= 0.3 is 0 Å². The van der Waals surface area contributed by atoms with Crippen molar-refractivity contribution in [2.24, 2.45) is 0 Å². The lowest BCUT2D eigenvalue weighted by molar-refractivity contribution is 0.102. The monoisotopic (exact) mass is 420 g/mol. The molecule has 0 atom stereocenters. The molecule has 2 heterocycles. The lowest BCUT2D eigenvalue weighted by atomic mass is 10.2. The standard InChI is InChI=1S/C18H14ClFN4O3S/c19-17-4-2-14(11-23-17)24-18(25)12-1-3-16(15(20)9-12)28(26,27)8-5-13-10-21-6-7-22-13/h1-4,6-7,9-11H,5,8H2,(H,24,25). The fourth-order valence-corrected chi connectivity index (χ4v) is 3.80. The minimum Gasteiger partial charge on any atom is -0.321 e. The normalized spacial score (nSPS) is 11.2. The number of nitrogens with one attached hydrogen (secondary N) is 1. The second-order valence-electron chi connectivity index (χ2n) is 5.73. The molecule has 0 aliphatic carbocycles.